The van der Waals surface area contributed by atoms with Crippen molar-refractivity contribution in [3.63, 3.8) is 0 Å². The summed E-state index contributed by atoms with van der Waals surface area (Å²) in [5, 5.41) is 20.5. The molecule has 0 saturated carbocycles. The highest BCUT2D eigenvalue weighted by molar-refractivity contribution is 7.92. The van der Waals surface area contributed by atoms with Gasteiger partial charge in [-0.05, 0) is 97.5 Å². The maximum atomic E-state index is 12.0. The maximum Gasteiger partial charge on any atom is 0.326 e. The molecule has 294 valence electrons. The number of hydrogen-bond acceptors (Lipinski definition) is 8. The summed E-state index contributed by atoms with van der Waals surface area (Å²) in [5.41, 5.74) is 7.02. The third-order valence-corrected chi connectivity index (χ3v) is 12.4. The SMILES string of the molecule is CCCCCCCCc1ccc(CCc2ccc(N3CC(=O)NS3(=O)=O)c(O)c2)cc1.Cc1ccc(CCc2ccc(N3CC(=O)NS3(=O)=O)c(O)c2)cc1. The minimum absolute atomic E-state index is 0.104. The van der Waals surface area contributed by atoms with Gasteiger partial charge in [0.25, 0.3) is 11.8 Å². The van der Waals surface area contributed by atoms with Crippen LogP contribution in [0.4, 0.5) is 11.4 Å². The number of nitrogens with one attached hydrogen (secondary N) is 2. The third kappa shape index (κ3) is 11.5. The molecule has 14 heteroatoms. The highest BCUT2D eigenvalue weighted by Crippen LogP contribution is 2.33. The molecule has 2 amide bonds. The number of nitrogens with zero attached hydrogens (tertiary/aromatic N) is 2. The van der Waals surface area contributed by atoms with Gasteiger partial charge in [0.05, 0.1) is 11.4 Å². The number of unbranched alkanes of at least 4 members (excludes halogenated alkanes) is 5. The number of aromatic hydroxyl groups is 2. The molecule has 12 nitrogen and oxygen atoms in total. The van der Waals surface area contributed by atoms with Gasteiger partial charge in [-0.2, -0.15) is 16.8 Å². The van der Waals surface area contributed by atoms with Crippen molar-refractivity contribution in [2.75, 3.05) is 21.7 Å². The Morgan fingerprint density at radius 1 is 0.527 bits per heavy atom. The quantitative estimate of drug-likeness (QED) is 0.107. The van der Waals surface area contributed by atoms with E-state index in [0.29, 0.717) is 0 Å². The van der Waals surface area contributed by atoms with E-state index in [1.54, 1.807) is 30.3 Å². The molecular weight excluding hydrogens is 741 g/mol. The molecule has 4 N–H and O–H groups in total. The number of benzene rings is 4. The van der Waals surface area contributed by atoms with E-state index in [0.717, 1.165) is 51.8 Å². The van der Waals surface area contributed by atoms with Crippen LogP contribution in [0.25, 0.3) is 0 Å². The van der Waals surface area contributed by atoms with Crippen LogP contribution in [-0.4, -0.2) is 52.0 Å². The average Bonchev–Trinajstić information content (AvgIpc) is 3.58. The van der Waals surface area contributed by atoms with E-state index in [-0.39, 0.29) is 36.0 Å². The molecule has 0 aromatic heterocycles. The Morgan fingerprint density at radius 3 is 1.29 bits per heavy atom. The van der Waals surface area contributed by atoms with Crippen LogP contribution in [0.2, 0.25) is 0 Å². The lowest BCUT2D eigenvalue weighted by atomic mass is 10.0. The van der Waals surface area contributed by atoms with Gasteiger partial charge in [0, 0.05) is 0 Å². The minimum atomic E-state index is -3.92. The Bertz CT molecular complexity index is 2170. The highest BCUT2D eigenvalue weighted by Gasteiger charge is 2.36. The van der Waals surface area contributed by atoms with Crippen molar-refractivity contribution >= 4 is 43.6 Å². The molecule has 0 atom stereocenters. The Kier molecular flexibility index (Phi) is 13.8. The first kappa shape index (κ1) is 41.1. The molecule has 2 aliphatic rings. The summed E-state index contributed by atoms with van der Waals surface area (Å²) < 4.78 is 53.1. The predicted molar refractivity (Wildman–Crippen MR) is 215 cm³/mol. The van der Waals surface area contributed by atoms with Gasteiger partial charge >= 0.3 is 20.4 Å². The number of aryl methyl sites for hydroxylation is 6. The maximum absolute atomic E-state index is 12.0. The third-order valence-electron chi connectivity index (χ3n) is 9.62. The number of amides is 2. The predicted octanol–water partition coefficient (Wildman–Crippen LogP) is 5.93. The van der Waals surface area contributed by atoms with Gasteiger partial charge in [-0.3, -0.25) is 9.59 Å². The minimum Gasteiger partial charge on any atom is -0.506 e. The van der Waals surface area contributed by atoms with Crippen LogP contribution in [0.1, 0.15) is 78.8 Å². The average molecular weight is 791 g/mol. The summed E-state index contributed by atoms with van der Waals surface area (Å²) in [7, 11) is -7.83. The summed E-state index contributed by atoms with van der Waals surface area (Å²) in [6, 6.07) is 26.7. The zero-order chi connectivity index (χ0) is 39.6. The van der Waals surface area contributed by atoms with Crippen LogP contribution in [0.15, 0.2) is 84.9 Å². The number of hydrogen-bond donors (Lipinski definition) is 4. The van der Waals surface area contributed by atoms with Crippen molar-refractivity contribution in [2.45, 2.75) is 84.5 Å². The number of carbonyl (C=O) groups excluding carboxylic acids is 2. The van der Waals surface area contributed by atoms with Crippen molar-refractivity contribution in [3.8, 4) is 11.5 Å². The molecule has 2 heterocycles. The molecule has 2 saturated heterocycles. The number of carbonyl (C=O) groups is 2. The normalized spacial score (nSPS) is 15.7. The van der Waals surface area contributed by atoms with E-state index >= 15 is 0 Å². The number of rotatable bonds is 15. The molecule has 0 radical (unpaired) electrons. The Hall–Kier alpha value is -5.08. The summed E-state index contributed by atoms with van der Waals surface area (Å²) in [6.07, 6.45) is 12.1. The molecule has 2 aliphatic heterocycles. The summed E-state index contributed by atoms with van der Waals surface area (Å²) in [6.45, 7) is 3.63. The first-order valence-electron chi connectivity index (χ1n) is 18.7. The summed E-state index contributed by atoms with van der Waals surface area (Å²) in [5.74, 6) is -1.52. The lowest BCUT2D eigenvalue weighted by molar-refractivity contribution is -0.118. The lowest BCUT2D eigenvalue weighted by Crippen LogP contribution is -2.29. The lowest BCUT2D eigenvalue weighted by Gasteiger charge is -2.16. The molecular formula is C41H50N4O8S2. The van der Waals surface area contributed by atoms with Crippen molar-refractivity contribution in [1.82, 2.24) is 9.44 Å². The van der Waals surface area contributed by atoms with Gasteiger partial charge in [-0.15, -0.1) is 0 Å². The van der Waals surface area contributed by atoms with E-state index in [1.165, 1.54) is 66.8 Å². The van der Waals surface area contributed by atoms with Crippen LogP contribution in [-0.2, 0) is 62.1 Å². The second-order valence-corrected chi connectivity index (χ2v) is 17.2. The van der Waals surface area contributed by atoms with Crippen LogP contribution in [0.3, 0.4) is 0 Å². The van der Waals surface area contributed by atoms with Gasteiger partial charge in [-0.1, -0.05) is 105 Å². The van der Waals surface area contributed by atoms with Crippen LogP contribution >= 0.6 is 0 Å². The van der Waals surface area contributed by atoms with E-state index in [9.17, 15) is 36.6 Å². The number of phenols is 2. The molecule has 0 spiro atoms. The van der Waals surface area contributed by atoms with Crippen LogP contribution < -0.4 is 18.1 Å². The summed E-state index contributed by atoms with van der Waals surface area (Å²) >= 11 is 0. The Labute approximate surface area is 324 Å². The first-order chi connectivity index (χ1) is 26.2. The van der Waals surface area contributed by atoms with Gasteiger partial charge in [0.1, 0.15) is 24.6 Å². The van der Waals surface area contributed by atoms with Gasteiger partial charge in [-0.25, -0.2) is 18.1 Å². The van der Waals surface area contributed by atoms with Gasteiger partial charge < -0.3 is 10.2 Å². The van der Waals surface area contributed by atoms with E-state index in [4.69, 9.17) is 0 Å². The van der Waals surface area contributed by atoms with Crippen LogP contribution in [0.5, 0.6) is 11.5 Å². The number of phenolic OH excluding ortho intramolecular Hbond substituents is 2. The molecule has 0 aliphatic carbocycles. The molecule has 55 heavy (non-hydrogen) atoms. The zero-order valence-corrected chi connectivity index (χ0v) is 33.0. The Balaban J connectivity index is 0.000000218. The fourth-order valence-corrected chi connectivity index (χ4v) is 8.83. The monoisotopic (exact) mass is 790 g/mol. The van der Waals surface area contributed by atoms with E-state index < -0.39 is 32.2 Å². The van der Waals surface area contributed by atoms with Crippen molar-refractivity contribution in [1.29, 1.82) is 0 Å². The van der Waals surface area contributed by atoms with Crippen molar-refractivity contribution in [3.05, 3.63) is 118 Å². The molecule has 0 bridgehead atoms. The van der Waals surface area contributed by atoms with Crippen LogP contribution in [0, 0.1) is 6.92 Å². The van der Waals surface area contributed by atoms with Gasteiger partial charge in [0.2, 0.25) is 0 Å². The second kappa shape index (κ2) is 18.5. The number of anilines is 2. The Morgan fingerprint density at radius 2 is 0.891 bits per heavy atom. The second-order valence-electron chi connectivity index (χ2n) is 14.0. The first-order valence-corrected chi connectivity index (χ1v) is 21.6. The molecule has 4 aromatic rings. The van der Waals surface area contributed by atoms with E-state index in [2.05, 4.69) is 55.5 Å². The summed E-state index contributed by atoms with van der Waals surface area (Å²) in [4.78, 5) is 22.7. The molecule has 2 fully saturated rings. The largest absolute Gasteiger partial charge is 0.506 e. The topological polar surface area (TPSA) is 173 Å². The zero-order valence-electron chi connectivity index (χ0n) is 31.3. The highest BCUT2D eigenvalue weighted by atomic mass is 32.2. The molecule has 4 aromatic carbocycles. The fourth-order valence-electron chi connectivity index (χ4n) is 6.51. The molecule has 6 rings (SSSR count). The van der Waals surface area contributed by atoms with Crippen molar-refractivity contribution < 1.29 is 36.6 Å². The van der Waals surface area contributed by atoms with E-state index in [1.807, 2.05) is 16.4 Å². The van der Waals surface area contributed by atoms with Gasteiger partial charge in [0.15, 0.2) is 0 Å². The smallest absolute Gasteiger partial charge is 0.326 e. The standard InChI is InChI=1S/C24H32N2O4S.C17H18N2O4S/c1-2-3-4-5-6-7-8-19-9-11-20(12-10-19)13-14-21-15-16-22(23(27)17-21)26-18-24(28)25-31(26,29)30;1-12-2-4-13(5-3-12)6-7-14-8-9-15(16(20)10-14)19-11-17(21)18-24(19,22)23/h9-12,15-17,27H,2-8,13-14,18H2,1H3,(H,25,28);2-5,8-10,20H,6-7,11H2,1H3,(H,18,21). The van der Waals surface area contributed by atoms with Crippen molar-refractivity contribution in [2.24, 2.45) is 0 Å². The molecule has 0 unspecified atom stereocenters. The fraction of sp³-hybridized carbons (Fsp3) is 0.366.